The van der Waals surface area contributed by atoms with Gasteiger partial charge in [-0.05, 0) is 62.8 Å². The number of rotatable bonds is 6. The Morgan fingerprint density at radius 2 is 1.87 bits per heavy atom. The van der Waals surface area contributed by atoms with Crippen LogP contribution in [0.2, 0.25) is 0 Å². The molecule has 0 saturated heterocycles. The third-order valence-electron chi connectivity index (χ3n) is 4.93. The number of carbonyl (C=O) groups is 3. The van der Waals surface area contributed by atoms with Gasteiger partial charge in [-0.2, -0.15) is 0 Å². The molecule has 7 nitrogen and oxygen atoms in total. The molecule has 1 aliphatic rings. The summed E-state index contributed by atoms with van der Waals surface area (Å²) in [5.41, 5.74) is 2.77. The number of aryl methyl sites for hydroxylation is 2. The number of benzene rings is 1. The summed E-state index contributed by atoms with van der Waals surface area (Å²) >= 11 is 1.41. The van der Waals surface area contributed by atoms with Gasteiger partial charge in [-0.15, -0.1) is 11.3 Å². The van der Waals surface area contributed by atoms with E-state index in [1.807, 2.05) is 13.0 Å². The minimum absolute atomic E-state index is 0.250. The lowest BCUT2D eigenvalue weighted by atomic mass is 9.95. The van der Waals surface area contributed by atoms with Gasteiger partial charge in [-0.3, -0.25) is 9.59 Å². The van der Waals surface area contributed by atoms with Crippen molar-refractivity contribution in [3.8, 4) is 5.75 Å². The standard InChI is InChI=1S/C22H26N2O5S/c1-12-9-10-17(28-4)16(11-12)24-20(26)13(2)29-22(27)19-15-7-5-6-8-18(15)30-21(19)23-14(3)25/h9-11,13H,5-8H2,1-4H3,(H,23,25)(H,24,26). The highest BCUT2D eigenvalue weighted by atomic mass is 32.1. The van der Waals surface area contributed by atoms with Crippen molar-refractivity contribution in [2.24, 2.45) is 0 Å². The molecule has 1 heterocycles. The molecule has 2 N–H and O–H groups in total. The van der Waals surface area contributed by atoms with Gasteiger partial charge in [-0.1, -0.05) is 6.07 Å². The van der Waals surface area contributed by atoms with E-state index in [1.165, 1.54) is 32.3 Å². The van der Waals surface area contributed by atoms with Gasteiger partial charge in [0, 0.05) is 11.8 Å². The molecule has 1 unspecified atom stereocenters. The van der Waals surface area contributed by atoms with E-state index >= 15 is 0 Å². The van der Waals surface area contributed by atoms with Gasteiger partial charge in [0.15, 0.2) is 6.10 Å². The van der Waals surface area contributed by atoms with Gasteiger partial charge in [0.2, 0.25) is 5.91 Å². The average Bonchev–Trinajstić information content (AvgIpc) is 3.05. The summed E-state index contributed by atoms with van der Waals surface area (Å²) in [7, 11) is 1.52. The van der Waals surface area contributed by atoms with E-state index in [0.717, 1.165) is 41.7 Å². The van der Waals surface area contributed by atoms with Crippen molar-refractivity contribution < 1.29 is 23.9 Å². The summed E-state index contributed by atoms with van der Waals surface area (Å²) in [6, 6.07) is 5.43. The number of methoxy groups -OCH3 is 1. The first-order valence-corrected chi connectivity index (χ1v) is 10.7. The Morgan fingerprint density at radius 1 is 1.13 bits per heavy atom. The van der Waals surface area contributed by atoms with Crippen molar-refractivity contribution in [1.29, 1.82) is 0 Å². The molecule has 1 aromatic carbocycles. The molecule has 0 radical (unpaired) electrons. The highest BCUT2D eigenvalue weighted by molar-refractivity contribution is 7.17. The van der Waals surface area contributed by atoms with Crippen molar-refractivity contribution in [1.82, 2.24) is 0 Å². The van der Waals surface area contributed by atoms with Gasteiger partial charge in [-0.25, -0.2) is 4.79 Å². The lowest BCUT2D eigenvalue weighted by Gasteiger charge is -2.17. The second kappa shape index (κ2) is 9.30. The van der Waals surface area contributed by atoms with Crippen LogP contribution in [0.5, 0.6) is 5.75 Å². The maximum absolute atomic E-state index is 13.0. The zero-order valence-electron chi connectivity index (χ0n) is 17.6. The van der Waals surface area contributed by atoms with Crippen LogP contribution < -0.4 is 15.4 Å². The van der Waals surface area contributed by atoms with Crippen LogP contribution >= 0.6 is 11.3 Å². The summed E-state index contributed by atoms with van der Waals surface area (Å²) in [5.74, 6) is -0.790. The van der Waals surface area contributed by atoms with Gasteiger partial charge in [0.05, 0.1) is 18.4 Å². The summed E-state index contributed by atoms with van der Waals surface area (Å²) in [6.45, 7) is 4.83. The van der Waals surface area contributed by atoms with E-state index in [0.29, 0.717) is 22.0 Å². The van der Waals surface area contributed by atoms with E-state index in [2.05, 4.69) is 10.6 Å². The second-order valence-electron chi connectivity index (χ2n) is 7.34. The highest BCUT2D eigenvalue weighted by Gasteiger charge is 2.29. The molecule has 1 aliphatic carbocycles. The van der Waals surface area contributed by atoms with Crippen LogP contribution in [0.15, 0.2) is 18.2 Å². The molecular weight excluding hydrogens is 404 g/mol. The van der Waals surface area contributed by atoms with Crippen LogP contribution in [0.3, 0.4) is 0 Å². The fourth-order valence-electron chi connectivity index (χ4n) is 3.46. The van der Waals surface area contributed by atoms with E-state index in [1.54, 1.807) is 12.1 Å². The summed E-state index contributed by atoms with van der Waals surface area (Å²) in [6.07, 6.45) is 2.65. The van der Waals surface area contributed by atoms with Crippen molar-refractivity contribution in [3.63, 3.8) is 0 Å². The first-order chi connectivity index (χ1) is 14.3. The predicted octanol–water partition coefficient (Wildman–Crippen LogP) is 4.09. The molecule has 1 aromatic heterocycles. The van der Waals surface area contributed by atoms with Crippen LogP contribution in [-0.4, -0.2) is 31.0 Å². The monoisotopic (exact) mass is 430 g/mol. The topological polar surface area (TPSA) is 93.7 Å². The first kappa shape index (κ1) is 21.8. The molecule has 160 valence electrons. The Labute approximate surface area is 179 Å². The average molecular weight is 431 g/mol. The van der Waals surface area contributed by atoms with E-state index in [4.69, 9.17) is 9.47 Å². The predicted molar refractivity (Wildman–Crippen MR) is 117 cm³/mol. The molecular formula is C22H26N2O5S. The minimum Gasteiger partial charge on any atom is -0.495 e. The van der Waals surface area contributed by atoms with Gasteiger partial charge in [0.1, 0.15) is 10.8 Å². The Bertz CT molecular complexity index is 982. The summed E-state index contributed by atoms with van der Waals surface area (Å²) < 4.78 is 10.8. The van der Waals surface area contributed by atoms with E-state index in [9.17, 15) is 14.4 Å². The van der Waals surface area contributed by atoms with Crippen molar-refractivity contribution in [2.75, 3.05) is 17.7 Å². The van der Waals surface area contributed by atoms with E-state index in [-0.39, 0.29) is 5.91 Å². The van der Waals surface area contributed by atoms with Crippen molar-refractivity contribution in [3.05, 3.63) is 39.8 Å². The second-order valence-corrected chi connectivity index (χ2v) is 8.44. The lowest BCUT2D eigenvalue weighted by Crippen LogP contribution is -2.30. The molecule has 2 amide bonds. The van der Waals surface area contributed by atoms with Crippen LogP contribution in [0.1, 0.15) is 53.1 Å². The fourth-order valence-corrected chi connectivity index (χ4v) is 4.78. The molecule has 0 saturated carbocycles. The smallest absolute Gasteiger partial charge is 0.342 e. The molecule has 3 rings (SSSR count). The van der Waals surface area contributed by atoms with Crippen LogP contribution in [0, 0.1) is 6.92 Å². The van der Waals surface area contributed by atoms with E-state index < -0.39 is 18.0 Å². The number of nitrogens with one attached hydrogen (secondary N) is 2. The number of thiophene rings is 1. The Hall–Kier alpha value is -2.87. The zero-order valence-corrected chi connectivity index (χ0v) is 18.4. The quantitative estimate of drug-likeness (QED) is 0.674. The van der Waals surface area contributed by atoms with Gasteiger partial charge < -0.3 is 20.1 Å². The normalized spacial score (nSPS) is 13.7. The SMILES string of the molecule is COc1ccc(C)cc1NC(=O)C(C)OC(=O)c1c(NC(C)=O)sc2c1CCCC2. The molecule has 2 aromatic rings. The molecule has 0 fully saturated rings. The summed E-state index contributed by atoms with van der Waals surface area (Å²) in [5, 5.41) is 5.98. The number of ether oxygens (including phenoxy) is 2. The number of carbonyl (C=O) groups excluding carboxylic acids is 3. The Balaban J connectivity index is 1.77. The number of hydrogen-bond donors (Lipinski definition) is 2. The minimum atomic E-state index is -1.02. The fraction of sp³-hybridized carbons (Fsp3) is 0.409. The number of anilines is 2. The van der Waals surface area contributed by atoms with Crippen LogP contribution in [0.4, 0.5) is 10.7 Å². The molecule has 8 heteroatoms. The Kier molecular flexibility index (Phi) is 6.77. The van der Waals surface area contributed by atoms with Crippen LogP contribution in [-0.2, 0) is 27.2 Å². The van der Waals surface area contributed by atoms with Crippen molar-refractivity contribution in [2.45, 2.75) is 52.6 Å². The lowest BCUT2D eigenvalue weighted by molar-refractivity contribution is -0.123. The van der Waals surface area contributed by atoms with Crippen LogP contribution in [0.25, 0.3) is 0 Å². The third-order valence-corrected chi connectivity index (χ3v) is 6.14. The molecule has 0 bridgehead atoms. The molecule has 0 aliphatic heterocycles. The van der Waals surface area contributed by atoms with Gasteiger partial charge >= 0.3 is 5.97 Å². The molecule has 30 heavy (non-hydrogen) atoms. The zero-order chi connectivity index (χ0) is 21.8. The first-order valence-electron chi connectivity index (χ1n) is 9.88. The largest absolute Gasteiger partial charge is 0.495 e. The summed E-state index contributed by atoms with van der Waals surface area (Å²) in [4.78, 5) is 38.3. The maximum Gasteiger partial charge on any atom is 0.342 e. The van der Waals surface area contributed by atoms with Crippen molar-refractivity contribution >= 4 is 39.8 Å². The number of esters is 1. The number of hydrogen-bond acceptors (Lipinski definition) is 6. The molecule has 1 atom stereocenters. The molecule has 0 spiro atoms. The maximum atomic E-state index is 13.0. The van der Waals surface area contributed by atoms with Gasteiger partial charge in [0.25, 0.3) is 5.91 Å². The highest BCUT2D eigenvalue weighted by Crippen LogP contribution is 2.38. The number of amides is 2. The Morgan fingerprint density at radius 3 is 2.57 bits per heavy atom. The number of fused-ring (bicyclic) bond motifs is 1. The third kappa shape index (κ3) is 4.81.